The van der Waals surface area contributed by atoms with Gasteiger partial charge in [-0.1, -0.05) is 0 Å². The maximum Gasteiger partial charge on any atom is 0.303 e. The molecule has 0 unspecified atom stereocenters. The van der Waals surface area contributed by atoms with E-state index in [9.17, 15) is 14.0 Å². The van der Waals surface area contributed by atoms with Crippen LogP contribution in [0.15, 0.2) is 48.5 Å². The molecule has 0 fully saturated rings. The molecule has 2 aromatic carbocycles. The topological polar surface area (TPSA) is 75.6 Å². The second-order valence-corrected chi connectivity index (χ2v) is 4.83. The van der Waals surface area contributed by atoms with Gasteiger partial charge in [0.1, 0.15) is 11.6 Å². The number of carbonyl (C=O) groups excluding carboxylic acids is 1. The summed E-state index contributed by atoms with van der Waals surface area (Å²) in [6, 6.07) is 12.0. The smallest absolute Gasteiger partial charge is 0.303 e. The zero-order chi connectivity index (χ0) is 16.7. The van der Waals surface area contributed by atoms with Crippen molar-refractivity contribution in [3.8, 4) is 5.75 Å². The number of carboxylic acid groups (broad SMARTS) is 1. The average molecular weight is 317 g/mol. The number of anilines is 1. The minimum atomic E-state index is -0.860. The molecule has 2 N–H and O–H groups in total. The number of halogens is 1. The Bertz CT molecular complexity index is 668. The lowest BCUT2D eigenvalue weighted by molar-refractivity contribution is -0.137. The van der Waals surface area contributed by atoms with Crippen molar-refractivity contribution in [2.45, 2.75) is 12.8 Å². The number of carboxylic acids is 1. The number of aliphatic carboxylic acids is 1. The molecule has 1 amide bonds. The van der Waals surface area contributed by atoms with Gasteiger partial charge >= 0.3 is 5.97 Å². The second kappa shape index (κ2) is 7.93. The summed E-state index contributed by atoms with van der Waals surface area (Å²) in [5.74, 6) is -0.975. The van der Waals surface area contributed by atoms with E-state index < -0.39 is 5.97 Å². The van der Waals surface area contributed by atoms with Crippen molar-refractivity contribution in [1.29, 1.82) is 0 Å². The van der Waals surface area contributed by atoms with Crippen molar-refractivity contribution in [2.75, 3.05) is 11.9 Å². The first-order valence-electron chi connectivity index (χ1n) is 7.06. The average Bonchev–Trinajstić information content (AvgIpc) is 2.54. The predicted molar refractivity (Wildman–Crippen MR) is 83.2 cm³/mol. The highest BCUT2D eigenvalue weighted by molar-refractivity contribution is 6.04. The monoisotopic (exact) mass is 317 g/mol. The number of amides is 1. The number of rotatable bonds is 7. The molecule has 6 heteroatoms. The summed E-state index contributed by atoms with van der Waals surface area (Å²) in [6.07, 6.45) is 0.473. The molecule has 0 atom stereocenters. The molecule has 0 aromatic heterocycles. The summed E-state index contributed by atoms with van der Waals surface area (Å²) in [5, 5.41) is 11.2. The summed E-state index contributed by atoms with van der Waals surface area (Å²) in [7, 11) is 0. The van der Waals surface area contributed by atoms with Crippen LogP contribution in [0.25, 0.3) is 0 Å². The van der Waals surface area contributed by atoms with E-state index in [2.05, 4.69) is 5.32 Å². The molecule has 23 heavy (non-hydrogen) atoms. The highest BCUT2D eigenvalue weighted by Gasteiger charge is 2.06. The van der Waals surface area contributed by atoms with Crippen LogP contribution in [0.1, 0.15) is 23.2 Å². The molecule has 2 aromatic rings. The molecule has 0 bridgehead atoms. The molecule has 0 aliphatic heterocycles. The first-order chi connectivity index (χ1) is 11.0. The van der Waals surface area contributed by atoms with Gasteiger partial charge in [0.05, 0.1) is 6.61 Å². The van der Waals surface area contributed by atoms with Crippen molar-refractivity contribution in [2.24, 2.45) is 0 Å². The van der Waals surface area contributed by atoms with Gasteiger partial charge in [0, 0.05) is 17.7 Å². The molecule has 0 saturated heterocycles. The van der Waals surface area contributed by atoms with E-state index >= 15 is 0 Å². The minimum absolute atomic E-state index is 0.0537. The Morgan fingerprint density at radius 1 is 1.04 bits per heavy atom. The first kappa shape index (κ1) is 16.5. The summed E-state index contributed by atoms with van der Waals surface area (Å²) < 4.78 is 18.2. The SMILES string of the molecule is O=C(O)CCCOc1ccc(C(=O)Nc2ccc(F)cc2)cc1. The third kappa shape index (κ3) is 5.43. The molecule has 0 aliphatic carbocycles. The molecular formula is C17H16FNO4. The molecule has 0 radical (unpaired) electrons. The maximum atomic E-state index is 12.8. The van der Waals surface area contributed by atoms with E-state index in [0.29, 0.717) is 30.0 Å². The molecule has 0 spiro atoms. The number of hydrogen-bond acceptors (Lipinski definition) is 3. The largest absolute Gasteiger partial charge is 0.494 e. The highest BCUT2D eigenvalue weighted by atomic mass is 19.1. The quantitative estimate of drug-likeness (QED) is 0.768. The third-order valence-corrected chi connectivity index (χ3v) is 3.02. The summed E-state index contributed by atoms with van der Waals surface area (Å²) >= 11 is 0. The van der Waals surface area contributed by atoms with Crippen molar-refractivity contribution in [3.63, 3.8) is 0 Å². The molecule has 5 nitrogen and oxygen atoms in total. The van der Waals surface area contributed by atoms with E-state index in [1.807, 2.05) is 0 Å². The number of benzene rings is 2. The van der Waals surface area contributed by atoms with Gasteiger partial charge in [0.25, 0.3) is 5.91 Å². The van der Waals surface area contributed by atoms with Gasteiger partial charge in [-0.2, -0.15) is 0 Å². The first-order valence-corrected chi connectivity index (χ1v) is 7.06. The Hall–Kier alpha value is -2.89. The molecule has 2 rings (SSSR count). The molecule has 0 aliphatic rings. The van der Waals surface area contributed by atoms with Crippen LogP contribution in [0.3, 0.4) is 0 Å². The fourth-order valence-electron chi connectivity index (χ4n) is 1.85. The van der Waals surface area contributed by atoms with E-state index in [-0.39, 0.29) is 18.1 Å². The minimum Gasteiger partial charge on any atom is -0.494 e. The van der Waals surface area contributed by atoms with Crippen molar-refractivity contribution in [3.05, 3.63) is 59.9 Å². The molecule has 0 saturated carbocycles. The van der Waals surface area contributed by atoms with Gasteiger partial charge in [0.15, 0.2) is 0 Å². The van der Waals surface area contributed by atoms with Crippen molar-refractivity contribution in [1.82, 2.24) is 0 Å². The van der Waals surface area contributed by atoms with Gasteiger partial charge in [-0.15, -0.1) is 0 Å². The van der Waals surface area contributed by atoms with Crippen LogP contribution >= 0.6 is 0 Å². The molecular weight excluding hydrogens is 301 g/mol. The Labute approximate surface area is 132 Å². The second-order valence-electron chi connectivity index (χ2n) is 4.83. The lowest BCUT2D eigenvalue weighted by Gasteiger charge is -2.07. The lowest BCUT2D eigenvalue weighted by Crippen LogP contribution is -2.11. The Morgan fingerprint density at radius 2 is 1.70 bits per heavy atom. The van der Waals surface area contributed by atoms with Crippen LogP contribution in [-0.2, 0) is 4.79 Å². The molecule has 120 valence electrons. The van der Waals surface area contributed by atoms with Gasteiger partial charge in [-0.05, 0) is 55.0 Å². The molecule has 0 heterocycles. The van der Waals surface area contributed by atoms with Crippen LogP contribution in [0.5, 0.6) is 5.75 Å². The van der Waals surface area contributed by atoms with E-state index in [0.717, 1.165) is 0 Å². The van der Waals surface area contributed by atoms with E-state index in [4.69, 9.17) is 9.84 Å². The Morgan fingerprint density at radius 3 is 2.30 bits per heavy atom. The summed E-state index contributed by atoms with van der Waals surface area (Å²) in [6.45, 7) is 0.299. The number of carbonyl (C=O) groups is 2. The van der Waals surface area contributed by atoms with Crippen molar-refractivity contribution >= 4 is 17.6 Å². The zero-order valence-electron chi connectivity index (χ0n) is 12.3. The Balaban J connectivity index is 1.87. The normalized spacial score (nSPS) is 10.1. The third-order valence-electron chi connectivity index (χ3n) is 3.02. The van der Waals surface area contributed by atoms with Crippen LogP contribution in [0.2, 0.25) is 0 Å². The van der Waals surface area contributed by atoms with Crippen LogP contribution < -0.4 is 10.1 Å². The van der Waals surface area contributed by atoms with Crippen molar-refractivity contribution < 1.29 is 23.8 Å². The van der Waals surface area contributed by atoms with Gasteiger partial charge in [-0.3, -0.25) is 9.59 Å². The number of nitrogens with one attached hydrogen (secondary N) is 1. The summed E-state index contributed by atoms with van der Waals surface area (Å²) in [4.78, 5) is 22.4. The van der Waals surface area contributed by atoms with Gasteiger partial charge in [0.2, 0.25) is 0 Å². The summed E-state index contributed by atoms with van der Waals surface area (Å²) in [5.41, 5.74) is 0.942. The zero-order valence-corrected chi connectivity index (χ0v) is 12.3. The van der Waals surface area contributed by atoms with Crippen LogP contribution in [0, 0.1) is 5.82 Å². The van der Waals surface area contributed by atoms with E-state index in [1.165, 1.54) is 24.3 Å². The van der Waals surface area contributed by atoms with Gasteiger partial charge < -0.3 is 15.2 Å². The van der Waals surface area contributed by atoms with E-state index in [1.54, 1.807) is 24.3 Å². The fourth-order valence-corrected chi connectivity index (χ4v) is 1.85. The standard InChI is InChI=1S/C17H16FNO4/c18-13-5-7-14(8-6-13)19-17(22)12-3-9-15(10-4-12)23-11-1-2-16(20)21/h3-10H,1-2,11H2,(H,19,22)(H,20,21). The lowest BCUT2D eigenvalue weighted by atomic mass is 10.2. The van der Waals surface area contributed by atoms with Crippen LogP contribution in [0.4, 0.5) is 10.1 Å². The predicted octanol–water partition coefficient (Wildman–Crippen LogP) is 3.32. The number of ether oxygens (including phenoxy) is 1. The Kier molecular flexibility index (Phi) is 5.68. The number of hydrogen-bond donors (Lipinski definition) is 2. The highest BCUT2D eigenvalue weighted by Crippen LogP contribution is 2.15. The maximum absolute atomic E-state index is 12.8. The fraction of sp³-hybridized carbons (Fsp3) is 0.176. The van der Waals surface area contributed by atoms with Gasteiger partial charge in [-0.25, -0.2) is 4.39 Å². The van der Waals surface area contributed by atoms with Crippen LogP contribution in [-0.4, -0.2) is 23.6 Å².